The highest BCUT2D eigenvalue weighted by atomic mass is 16.3. The van der Waals surface area contributed by atoms with Crippen molar-refractivity contribution in [1.82, 2.24) is 9.97 Å². The Morgan fingerprint density at radius 2 is 1.71 bits per heavy atom. The van der Waals surface area contributed by atoms with Crippen LogP contribution >= 0.6 is 0 Å². The van der Waals surface area contributed by atoms with Crippen LogP contribution in [0.1, 0.15) is 30.2 Å². The number of rotatable bonds is 7. The largest absolute Gasteiger partial charge is 0.508 e. The van der Waals surface area contributed by atoms with E-state index in [1.54, 1.807) is 30.5 Å². The average molecular weight is 377 g/mol. The van der Waals surface area contributed by atoms with Crippen molar-refractivity contribution in [3.8, 4) is 17.0 Å². The van der Waals surface area contributed by atoms with Gasteiger partial charge in [-0.25, -0.2) is 9.97 Å². The molecule has 2 aromatic carbocycles. The normalized spacial score (nSPS) is 10.6. The monoisotopic (exact) mass is 377 g/mol. The number of carbonyl (C=O) groups is 1. The zero-order valence-corrected chi connectivity index (χ0v) is 15.7. The lowest BCUT2D eigenvalue weighted by Gasteiger charge is -2.11. The number of phenols is 1. The second-order valence-corrected chi connectivity index (χ2v) is 6.55. The maximum absolute atomic E-state index is 12.4. The average Bonchev–Trinajstić information content (AvgIpc) is 2.71. The SMILES string of the molecule is CCCc1nc(-c2ccc(CO)cc2)cnc1NC(=O)Cc1ccc(O)cc1. The molecule has 0 radical (unpaired) electrons. The number of amides is 1. The highest BCUT2D eigenvalue weighted by molar-refractivity contribution is 5.92. The summed E-state index contributed by atoms with van der Waals surface area (Å²) in [4.78, 5) is 21.5. The molecule has 1 amide bonds. The summed E-state index contributed by atoms with van der Waals surface area (Å²) in [6, 6.07) is 14.0. The van der Waals surface area contributed by atoms with E-state index in [2.05, 4.69) is 15.3 Å². The maximum Gasteiger partial charge on any atom is 0.229 e. The first-order valence-corrected chi connectivity index (χ1v) is 9.23. The van der Waals surface area contributed by atoms with Crippen LogP contribution in [0.2, 0.25) is 0 Å². The number of benzene rings is 2. The Morgan fingerprint density at radius 1 is 1.04 bits per heavy atom. The van der Waals surface area contributed by atoms with Gasteiger partial charge in [-0.05, 0) is 29.7 Å². The highest BCUT2D eigenvalue weighted by Crippen LogP contribution is 2.21. The molecule has 3 aromatic rings. The van der Waals surface area contributed by atoms with Crippen LogP contribution in [0.5, 0.6) is 5.75 Å². The molecule has 0 aliphatic rings. The molecule has 0 saturated heterocycles. The first-order valence-electron chi connectivity index (χ1n) is 9.23. The number of aromatic nitrogens is 2. The lowest BCUT2D eigenvalue weighted by molar-refractivity contribution is -0.115. The van der Waals surface area contributed by atoms with E-state index in [9.17, 15) is 15.0 Å². The van der Waals surface area contributed by atoms with Crippen molar-refractivity contribution >= 4 is 11.7 Å². The Labute approximate surface area is 163 Å². The van der Waals surface area contributed by atoms with Gasteiger partial charge in [0.15, 0.2) is 5.82 Å². The first kappa shape index (κ1) is 19.5. The molecule has 6 nitrogen and oxygen atoms in total. The zero-order valence-electron chi connectivity index (χ0n) is 15.7. The number of aromatic hydroxyl groups is 1. The summed E-state index contributed by atoms with van der Waals surface area (Å²) in [5.41, 5.74) is 4.02. The van der Waals surface area contributed by atoms with Crippen LogP contribution in [0.3, 0.4) is 0 Å². The number of hydrogen-bond donors (Lipinski definition) is 3. The third kappa shape index (κ3) is 4.92. The number of hydrogen-bond acceptors (Lipinski definition) is 5. The third-order valence-electron chi connectivity index (χ3n) is 4.32. The van der Waals surface area contributed by atoms with Crippen LogP contribution in [0, 0.1) is 0 Å². The van der Waals surface area contributed by atoms with Crippen molar-refractivity contribution in [3.05, 3.63) is 71.5 Å². The predicted molar refractivity (Wildman–Crippen MR) is 108 cm³/mol. The number of anilines is 1. The molecule has 1 heterocycles. The Morgan fingerprint density at radius 3 is 2.36 bits per heavy atom. The third-order valence-corrected chi connectivity index (χ3v) is 4.32. The van der Waals surface area contributed by atoms with Gasteiger partial charge in [0.05, 0.1) is 30.6 Å². The number of nitrogens with zero attached hydrogens (tertiary/aromatic N) is 2. The molecule has 0 spiro atoms. The molecule has 3 rings (SSSR count). The van der Waals surface area contributed by atoms with E-state index < -0.39 is 0 Å². The molecule has 6 heteroatoms. The summed E-state index contributed by atoms with van der Waals surface area (Å²) >= 11 is 0. The van der Waals surface area contributed by atoms with Crippen LogP contribution in [-0.2, 0) is 24.2 Å². The van der Waals surface area contributed by atoms with Crippen molar-refractivity contribution in [2.24, 2.45) is 0 Å². The van der Waals surface area contributed by atoms with Crippen LogP contribution < -0.4 is 5.32 Å². The van der Waals surface area contributed by atoms with Crippen molar-refractivity contribution in [2.45, 2.75) is 32.8 Å². The van der Waals surface area contributed by atoms with Crippen molar-refractivity contribution in [1.29, 1.82) is 0 Å². The Balaban J connectivity index is 1.78. The number of carbonyl (C=O) groups excluding carboxylic acids is 1. The van der Waals surface area contributed by atoms with Crippen molar-refractivity contribution in [2.75, 3.05) is 5.32 Å². The Kier molecular flexibility index (Phi) is 6.34. The van der Waals surface area contributed by atoms with Gasteiger partial charge in [-0.15, -0.1) is 0 Å². The number of phenolic OH excluding ortho intramolecular Hbond substituents is 1. The van der Waals surface area contributed by atoms with Crippen LogP contribution in [0.4, 0.5) is 5.82 Å². The van der Waals surface area contributed by atoms with Gasteiger partial charge in [0, 0.05) is 5.56 Å². The van der Waals surface area contributed by atoms with Crippen molar-refractivity contribution < 1.29 is 15.0 Å². The number of aliphatic hydroxyl groups excluding tert-OH is 1. The minimum absolute atomic E-state index is 0.000948. The van der Waals surface area contributed by atoms with Gasteiger partial charge in [0.25, 0.3) is 0 Å². The van der Waals surface area contributed by atoms with Gasteiger partial charge in [-0.2, -0.15) is 0 Å². The molecule has 0 saturated carbocycles. The summed E-state index contributed by atoms with van der Waals surface area (Å²) in [5, 5.41) is 21.4. The molecule has 144 valence electrons. The van der Waals surface area contributed by atoms with Gasteiger partial charge in [-0.1, -0.05) is 49.7 Å². The van der Waals surface area contributed by atoms with E-state index in [0.29, 0.717) is 12.2 Å². The number of aryl methyl sites for hydroxylation is 1. The van der Waals surface area contributed by atoms with Gasteiger partial charge in [0.2, 0.25) is 5.91 Å². The quantitative estimate of drug-likeness (QED) is 0.586. The molecule has 3 N–H and O–H groups in total. The lowest BCUT2D eigenvalue weighted by atomic mass is 10.1. The molecule has 1 aromatic heterocycles. The molecule has 0 aliphatic heterocycles. The zero-order chi connectivity index (χ0) is 19.9. The maximum atomic E-state index is 12.4. The number of aliphatic hydroxyl groups is 1. The summed E-state index contributed by atoms with van der Waals surface area (Å²) in [6.45, 7) is 2.05. The smallest absolute Gasteiger partial charge is 0.229 e. The summed E-state index contributed by atoms with van der Waals surface area (Å²) in [5.74, 6) is 0.460. The molecule has 28 heavy (non-hydrogen) atoms. The Bertz CT molecular complexity index is 938. The molecule has 0 atom stereocenters. The van der Waals surface area contributed by atoms with Gasteiger partial charge in [-0.3, -0.25) is 4.79 Å². The summed E-state index contributed by atoms with van der Waals surface area (Å²) in [7, 11) is 0. The van der Waals surface area contributed by atoms with Crippen LogP contribution in [0.15, 0.2) is 54.7 Å². The molecule has 0 bridgehead atoms. The fourth-order valence-corrected chi connectivity index (χ4v) is 2.84. The topological polar surface area (TPSA) is 95.3 Å². The predicted octanol–water partition coefficient (Wildman–Crippen LogP) is 3.48. The first-order chi connectivity index (χ1) is 13.6. The summed E-state index contributed by atoms with van der Waals surface area (Å²) in [6.07, 6.45) is 3.41. The molecule has 0 fully saturated rings. The van der Waals surface area contributed by atoms with E-state index >= 15 is 0 Å². The fourth-order valence-electron chi connectivity index (χ4n) is 2.84. The highest BCUT2D eigenvalue weighted by Gasteiger charge is 2.12. The van der Waals surface area contributed by atoms with Crippen molar-refractivity contribution in [3.63, 3.8) is 0 Å². The molecular formula is C22H23N3O3. The Hall–Kier alpha value is -3.25. The standard InChI is InChI=1S/C22H23N3O3/c1-2-3-19-22(25-21(28)12-15-6-10-18(27)11-7-15)23-13-20(24-19)17-8-4-16(14-26)5-9-17/h4-11,13,26-27H,2-3,12,14H2,1H3,(H,23,25,28). The van der Waals surface area contributed by atoms with E-state index in [-0.39, 0.29) is 24.7 Å². The van der Waals surface area contributed by atoms with Crippen LogP contribution in [-0.4, -0.2) is 26.1 Å². The van der Waals surface area contributed by atoms with Crippen LogP contribution in [0.25, 0.3) is 11.3 Å². The second-order valence-electron chi connectivity index (χ2n) is 6.55. The van der Waals surface area contributed by atoms with Gasteiger partial charge < -0.3 is 15.5 Å². The summed E-state index contributed by atoms with van der Waals surface area (Å²) < 4.78 is 0. The fraction of sp³-hybridized carbons (Fsp3) is 0.227. The van der Waals surface area contributed by atoms with E-state index in [1.165, 1.54) is 0 Å². The second kappa shape index (κ2) is 9.10. The van der Waals surface area contributed by atoms with Gasteiger partial charge in [0.1, 0.15) is 5.75 Å². The molecule has 0 aliphatic carbocycles. The minimum Gasteiger partial charge on any atom is -0.508 e. The van der Waals surface area contributed by atoms with E-state index in [0.717, 1.165) is 34.5 Å². The molecular weight excluding hydrogens is 354 g/mol. The van der Waals surface area contributed by atoms with E-state index in [4.69, 9.17) is 0 Å². The molecule has 0 unspecified atom stereocenters. The number of nitrogens with one attached hydrogen (secondary N) is 1. The van der Waals surface area contributed by atoms with Gasteiger partial charge >= 0.3 is 0 Å². The lowest BCUT2D eigenvalue weighted by Crippen LogP contribution is -2.17. The van der Waals surface area contributed by atoms with E-state index in [1.807, 2.05) is 31.2 Å². The minimum atomic E-state index is -0.183.